The molecule has 1 heterocycles. The predicted molar refractivity (Wildman–Crippen MR) is 117 cm³/mol. The summed E-state index contributed by atoms with van der Waals surface area (Å²) in [6, 6.07) is 13.6. The number of amides is 1. The molecule has 3 aromatic rings. The van der Waals surface area contributed by atoms with E-state index < -0.39 is 12.1 Å². The van der Waals surface area contributed by atoms with Gasteiger partial charge >= 0.3 is 5.97 Å². The number of rotatable bonds is 8. The number of hydrogen-bond donors (Lipinski definition) is 1. The van der Waals surface area contributed by atoms with E-state index >= 15 is 0 Å². The fourth-order valence-electron chi connectivity index (χ4n) is 3.07. The summed E-state index contributed by atoms with van der Waals surface area (Å²) in [6.07, 6.45) is 0.708. The van der Waals surface area contributed by atoms with Crippen LogP contribution in [0.2, 0.25) is 0 Å². The third-order valence-electron chi connectivity index (χ3n) is 4.57. The number of esters is 1. The number of nitrogens with zero attached hydrogens (tertiary/aromatic N) is 1. The van der Waals surface area contributed by atoms with Crippen molar-refractivity contribution < 1.29 is 23.8 Å². The van der Waals surface area contributed by atoms with Crippen LogP contribution in [0.25, 0.3) is 10.8 Å². The van der Waals surface area contributed by atoms with Crippen molar-refractivity contribution in [3.63, 3.8) is 0 Å². The van der Waals surface area contributed by atoms with Crippen LogP contribution in [0.5, 0.6) is 11.5 Å². The van der Waals surface area contributed by atoms with E-state index in [1.807, 2.05) is 0 Å². The van der Waals surface area contributed by atoms with Gasteiger partial charge in [0.05, 0.1) is 19.1 Å². The molecular weight excluding hydrogens is 400 g/mol. The first-order valence-corrected chi connectivity index (χ1v) is 9.82. The molecule has 0 fully saturated rings. The van der Waals surface area contributed by atoms with Crippen LogP contribution in [-0.4, -0.2) is 36.3 Å². The minimum absolute atomic E-state index is 0.156. The van der Waals surface area contributed by atoms with Crippen LogP contribution < -0.4 is 20.3 Å². The largest absolute Gasteiger partial charge is 0.497 e. The Labute approximate surface area is 179 Å². The van der Waals surface area contributed by atoms with Gasteiger partial charge in [-0.3, -0.25) is 9.59 Å². The number of methoxy groups -OCH3 is 1. The molecule has 162 valence electrons. The Morgan fingerprint density at radius 2 is 1.87 bits per heavy atom. The van der Waals surface area contributed by atoms with E-state index in [0.29, 0.717) is 28.0 Å². The first-order chi connectivity index (χ1) is 14.9. The Hall–Kier alpha value is -3.81. The Morgan fingerprint density at radius 3 is 2.61 bits per heavy atom. The van der Waals surface area contributed by atoms with Crippen molar-refractivity contribution in [1.82, 2.24) is 4.57 Å². The van der Waals surface area contributed by atoms with Gasteiger partial charge in [-0.05, 0) is 44.2 Å². The van der Waals surface area contributed by atoms with Crippen LogP contribution in [0.15, 0.2) is 59.5 Å². The lowest BCUT2D eigenvalue weighted by molar-refractivity contribution is -0.150. The number of anilines is 1. The molecule has 0 bridgehead atoms. The van der Waals surface area contributed by atoms with Crippen molar-refractivity contribution in [1.29, 1.82) is 0 Å². The summed E-state index contributed by atoms with van der Waals surface area (Å²) in [5.74, 6) is 0.175. The van der Waals surface area contributed by atoms with Crippen molar-refractivity contribution in [2.45, 2.75) is 26.5 Å². The molecular formula is C23H24N2O6. The van der Waals surface area contributed by atoms with Gasteiger partial charge in [-0.15, -0.1) is 0 Å². The molecule has 1 atom stereocenters. The van der Waals surface area contributed by atoms with Gasteiger partial charge < -0.3 is 24.1 Å². The van der Waals surface area contributed by atoms with Gasteiger partial charge in [-0.2, -0.15) is 0 Å². The van der Waals surface area contributed by atoms with Gasteiger partial charge in [-0.1, -0.05) is 12.1 Å². The third kappa shape index (κ3) is 5.22. The number of fused-ring (bicyclic) bond motifs is 1. The van der Waals surface area contributed by atoms with Gasteiger partial charge in [0.2, 0.25) is 5.91 Å². The molecule has 0 saturated carbocycles. The Bertz CT molecular complexity index is 1150. The quantitative estimate of drug-likeness (QED) is 0.559. The maximum Gasteiger partial charge on any atom is 0.347 e. The Balaban J connectivity index is 1.80. The lowest BCUT2D eigenvalue weighted by Crippen LogP contribution is -2.28. The maximum absolute atomic E-state index is 12.9. The molecule has 0 spiro atoms. The van der Waals surface area contributed by atoms with E-state index in [-0.39, 0.29) is 24.6 Å². The van der Waals surface area contributed by atoms with E-state index in [4.69, 9.17) is 14.2 Å². The number of pyridine rings is 1. The fourth-order valence-corrected chi connectivity index (χ4v) is 3.07. The van der Waals surface area contributed by atoms with Crippen LogP contribution in [-0.2, 0) is 20.9 Å². The molecule has 0 aliphatic rings. The number of carbonyl (C=O) groups is 2. The highest BCUT2D eigenvalue weighted by Crippen LogP contribution is 2.24. The highest BCUT2D eigenvalue weighted by Gasteiger charge is 2.18. The molecule has 1 amide bonds. The molecule has 0 unspecified atom stereocenters. The zero-order valence-corrected chi connectivity index (χ0v) is 17.6. The highest BCUT2D eigenvalue weighted by atomic mass is 16.6. The van der Waals surface area contributed by atoms with E-state index in [1.165, 1.54) is 10.8 Å². The van der Waals surface area contributed by atoms with Crippen molar-refractivity contribution in [2.24, 2.45) is 0 Å². The van der Waals surface area contributed by atoms with Crippen LogP contribution in [0.4, 0.5) is 5.69 Å². The summed E-state index contributed by atoms with van der Waals surface area (Å²) < 4.78 is 17.1. The van der Waals surface area contributed by atoms with Crippen LogP contribution in [0.1, 0.15) is 13.8 Å². The highest BCUT2D eigenvalue weighted by molar-refractivity contribution is 5.92. The minimum atomic E-state index is -0.818. The zero-order valence-electron chi connectivity index (χ0n) is 17.6. The van der Waals surface area contributed by atoms with Crippen LogP contribution in [0, 0.1) is 0 Å². The van der Waals surface area contributed by atoms with Crippen molar-refractivity contribution in [2.75, 3.05) is 19.0 Å². The molecule has 8 nitrogen and oxygen atoms in total. The lowest BCUT2D eigenvalue weighted by Gasteiger charge is -2.15. The molecule has 8 heteroatoms. The van der Waals surface area contributed by atoms with E-state index in [1.54, 1.807) is 69.5 Å². The summed E-state index contributed by atoms with van der Waals surface area (Å²) in [5, 5.41) is 3.68. The Kier molecular flexibility index (Phi) is 6.92. The molecule has 1 N–H and O–H groups in total. The topological polar surface area (TPSA) is 95.9 Å². The van der Waals surface area contributed by atoms with Gasteiger partial charge in [0.25, 0.3) is 5.56 Å². The first-order valence-electron chi connectivity index (χ1n) is 9.82. The molecule has 0 aliphatic carbocycles. The average Bonchev–Trinajstić information content (AvgIpc) is 2.76. The fraction of sp³-hybridized carbons (Fsp3) is 0.261. The summed E-state index contributed by atoms with van der Waals surface area (Å²) in [7, 11) is 1.54. The minimum Gasteiger partial charge on any atom is -0.497 e. The number of ether oxygens (including phenoxy) is 3. The number of benzene rings is 2. The van der Waals surface area contributed by atoms with E-state index in [2.05, 4.69) is 5.32 Å². The maximum atomic E-state index is 12.9. The molecule has 0 saturated heterocycles. The lowest BCUT2D eigenvalue weighted by atomic mass is 10.1. The molecule has 31 heavy (non-hydrogen) atoms. The summed E-state index contributed by atoms with van der Waals surface area (Å²) in [5.41, 5.74) is 0.231. The van der Waals surface area contributed by atoms with Gasteiger partial charge in [0.1, 0.15) is 18.0 Å². The van der Waals surface area contributed by atoms with Gasteiger partial charge in [0, 0.05) is 23.3 Å². The van der Waals surface area contributed by atoms with Crippen LogP contribution >= 0.6 is 0 Å². The normalized spacial score (nSPS) is 11.6. The summed E-state index contributed by atoms with van der Waals surface area (Å²) in [6.45, 7) is 3.40. The number of carbonyl (C=O) groups excluding carboxylic acids is 2. The standard InChI is InChI=1S/C23H24N2O6/c1-4-30-23(28)15(2)31-20-10-6-9-19-18(20)11-12-25(22(19)27)14-21(26)24-16-7-5-8-17(13-16)29-3/h5-13,15H,4,14H2,1-3H3,(H,24,26)/t15-/m1/s1. The third-order valence-corrected chi connectivity index (χ3v) is 4.57. The van der Waals surface area contributed by atoms with Gasteiger partial charge in [-0.25, -0.2) is 4.79 Å². The molecule has 0 aliphatic heterocycles. The Morgan fingerprint density at radius 1 is 1.10 bits per heavy atom. The predicted octanol–water partition coefficient (Wildman–Crippen LogP) is 2.98. The first kappa shape index (κ1) is 21.9. The average molecular weight is 424 g/mol. The second-order valence-corrected chi connectivity index (χ2v) is 6.76. The second-order valence-electron chi connectivity index (χ2n) is 6.76. The van der Waals surface area contributed by atoms with E-state index in [0.717, 1.165) is 0 Å². The SMILES string of the molecule is CCOC(=O)[C@@H](C)Oc1cccc2c(=O)n(CC(=O)Nc3cccc(OC)c3)ccc12. The van der Waals surface area contributed by atoms with Crippen molar-refractivity contribution in [3.05, 3.63) is 65.1 Å². The molecule has 1 aromatic heterocycles. The van der Waals surface area contributed by atoms with Gasteiger partial charge in [0.15, 0.2) is 6.10 Å². The van der Waals surface area contributed by atoms with Crippen molar-refractivity contribution >= 4 is 28.3 Å². The van der Waals surface area contributed by atoms with Crippen molar-refractivity contribution in [3.8, 4) is 11.5 Å². The second kappa shape index (κ2) is 9.80. The number of aromatic nitrogens is 1. The number of nitrogens with one attached hydrogen (secondary N) is 1. The molecule has 3 rings (SSSR count). The van der Waals surface area contributed by atoms with E-state index in [9.17, 15) is 14.4 Å². The number of hydrogen-bond acceptors (Lipinski definition) is 6. The smallest absolute Gasteiger partial charge is 0.347 e. The zero-order chi connectivity index (χ0) is 22.4. The monoisotopic (exact) mass is 424 g/mol. The summed E-state index contributed by atoms with van der Waals surface area (Å²) in [4.78, 5) is 37.2. The van der Waals surface area contributed by atoms with Crippen LogP contribution in [0.3, 0.4) is 0 Å². The molecule has 0 radical (unpaired) electrons. The summed E-state index contributed by atoms with van der Waals surface area (Å²) >= 11 is 0. The molecule has 2 aromatic carbocycles.